The van der Waals surface area contributed by atoms with Gasteiger partial charge in [0.1, 0.15) is 12.4 Å². The molecule has 0 aliphatic heterocycles. The molecule has 0 spiro atoms. The molecule has 2 N–H and O–H groups in total. The predicted octanol–water partition coefficient (Wildman–Crippen LogP) is 2.75. The van der Waals surface area contributed by atoms with Gasteiger partial charge in [-0.15, -0.1) is 0 Å². The number of hydrogen-bond acceptors (Lipinski definition) is 3. The molecule has 0 aliphatic carbocycles. The van der Waals surface area contributed by atoms with Gasteiger partial charge in [-0.25, -0.2) is 0 Å². The summed E-state index contributed by atoms with van der Waals surface area (Å²) >= 11 is 0. The van der Waals surface area contributed by atoms with Crippen LogP contribution < -0.4 is 5.32 Å². The van der Waals surface area contributed by atoms with Crippen molar-refractivity contribution in [2.24, 2.45) is 0 Å². The van der Waals surface area contributed by atoms with E-state index in [1.54, 1.807) is 12.1 Å². The molecule has 0 bridgehead atoms. The van der Waals surface area contributed by atoms with E-state index in [4.69, 9.17) is 9.52 Å². The number of carbonyl (C=O) groups is 1. The summed E-state index contributed by atoms with van der Waals surface area (Å²) in [4.78, 5) is 12.2. The Bertz CT molecular complexity index is 704. The highest BCUT2D eigenvalue weighted by atomic mass is 16.3. The van der Waals surface area contributed by atoms with Gasteiger partial charge in [0.2, 0.25) is 0 Å². The fraction of sp³-hybridized carbons (Fsp3) is 0.235. The van der Waals surface area contributed by atoms with E-state index < -0.39 is 0 Å². The van der Waals surface area contributed by atoms with Crippen molar-refractivity contribution in [2.75, 3.05) is 11.9 Å². The van der Waals surface area contributed by atoms with Gasteiger partial charge in [0, 0.05) is 12.0 Å². The smallest absolute Gasteiger partial charge is 0.291 e. The SMILES string of the molecule is CCc1ccc(C(=O)Nc2cc(C)ccc2C#CCO)o1. The number of hydrogen-bond donors (Lipinski definition) is 2. The molecule has 0 radical (unpaired) electrons. The van der Waals surface area contributed by atoms with Gasteiger partial charge in [0.05, 0.1) is 5.69 Å². The number of rotatable bonds is 3. The Hall–Kier alpha value is -2.51. The summed E-state index contributed by atoms with van der Waals surface area (Å²) in [6.07, 6.45) is 0.741. The summed E-state index contributed by atoms with van der Waals surface area (Å²) < 4.78 is 5.43. The van der Waals surface area contributed by atoms with Crippen molar-refractivity contribution in [3.8, 4) is 11.8 Å². The van der Waals surface area contributed by atoms with Crippen LogP contribution in [0, 0.1) is 18.8 Å². The lowest BCUT2D eigenvalue weighted by molar-refractivity contribution is 0.0995. The van der Waals surface area contributed by atoms with E-state index in [0.717, 1.165) is 17.7 Å². The second-order valence-electron chi connectivity index (χ2n) is 4.58. The van der Waals surface area contributed by atoms with E-state index in [0.29, 0.717) is 11.3 Å². The summed E-state index contributed by atoms with van der Waals surface area (Å²) in [5.74, 6) is 6.13. The van der Waals surface area contributed by atoms with Gasteiger partial charge < -0.3 is 14.8 Å². The van der Waals surface area contributed by atoms with Crippen LogP contribution in [0.5, 0.6) is 0 Å². The predicted molar refractivity (Wildman–Crippen MR) is 81.2 cm³/mol. The van der Waals surface area contributed by atoms with Gasteiger partial charge in [-0.3, -0.25) is 4.79 Å². The van der Waals surface area contributed by atoms with Gasteiger partial charge in [0.25, 0.3) is 5.91 Å². The maximum Gasteiger partial charge on any atom is 0.291 e. The fourth-order valence-electron chi connectivity index (χ4n) is 1.88. The van der Waals surface area contributed by atoms with Crippen LogP contribution >= 0.6 is 0 Å². The van der Waals surface area contributed by atoms with Crippen LogP contribution in [0.3, 0.4) is 0 Å². The van der Waals surface area contributed by atoms with Crippen molar-refractivity contribution in [3.63, 3.8) is 0 Å². The van der Waals surface area contributed by atoms with Gasteiger partial charge >= 0.3 is 0 Å². The van der Waals surface area contributed by atoms with Crippen LogP contribution in [0.15, 0.2) is 34.7 Å². The second kappa shape index (κ2) is 6.78. The number of furan rings is 1. The average Bonchev–Trinajstić information content (AvgIpc) is 2.95. The molecule has 2 aromatic rings. The van der Waals surface area contributed by atoms with Crippen LogP contribution in [0.1, 0.15) is 34.4 Å². The Balaban J connectivity index is 2.25. The molecule has 21 heavy (non-hydrogen) atoms. The Morgan fingerprint density at radius 2 is 2.14 bits per heavy atom. The third kappa shape index (κ3) is 3.74. The van der Waals surface area contributed by atoms with Gasteiger partial charge in [-0.1, -0.05) is 24.8 Å². The molecule has 0 saturated heterocycles. The number of nitrogens with one attached hydrogen (secondary N) is 1. The van der Waals surface area contributed by atoms with Gasteiger partial charge in [-0.2, -0.15) is 0 Å². The minimum Gasteiger partial charge on any atom is -0.456 e. The fourth-order valence-corrected chi connectivity index (χ4v) is 1.88. The van der Waals surface area contributed by atoms with E-state index in [-0.39, 0.29) is 18.3 Å². The molecule has 1 aromatic heterocycles. The van der Waals surface area contributed by atoms with E-state index in [9.17, 15) is 4.79 Å². The molecule has 1 amide bonds. The highest BCUT2D eigenvalue weighted by molar-refractivity contribution is 6.03. The average molecular weight is 283 g/mol. The molecule has 108 valence electrons. The molecule has 2 rings (SSSR count). The van der Waals surface area contributed by atoms with Crippen LogP contribution in [-0.4, -0.2) is 17.6 Å². The van der Waals surface area contributed by atoms with Crippen molar-refractivity contribution in [1.29, 1.82) is 0 Å². The number of carbonyl (C=O) groups excluding carboxylic acids is 1. The third-order valence-electron chi connectivity index (χ3n) is 2.96. The zero-order valence-corrected chi connectivity index (χ0v) is 12.1. The van der Waals surface area contributed by atoms with Crippen molar-refractivity contribution >= 4 is 11.6 Å². The normalized spacial score (nSPS) is 9.86. The minimum atomic E-state index is -0.313. The summed E-state index contributed by atoms with van der Waals surface area (Å²) in [6.45, 7) is 3.67. The van der Waals surface area contributed by atoms with Gasteiger partial charge in [-0.05, 0) is 36.8 Å². The van der Waals surface area contributed by atoms with E-state index in [2.05, 4.69) is 17.2 Å². The number of anilines is 1. The molecule has 4 heteroatoms. The number of benzene rings is 1. The number of aliphatic hydroxyl groups excluding tert-OH is 1. The molecule has 0 aliphatic rings. The van der Waals surface area contributed by atoms with Crippen LogP contribution in [0.2, 0.25) is 0 Å². The summed E-state index contributed by atoms with van der Waals surface area (Å²) in [5.41, 5.74) is 2.27. The molecule has 0 atom stereocenters. The van der Waals surface area contributed by atoms with Crippen molar-refractivity contribution in [1.82, 2.24) is 0 Å². The first kappa shape index (κ1) is 14.9. The molecular weight excluding hydrogens is 266 g/mol. The monoisotopic (exact) mass is 283 g/mol. The summed E-state index contributed by atoms with van der Waals surface area (Å²) in [5, 5.41) is 11.6. The van der Waals surface area contributed by atoms with Crippen molar-refractivity contribution in [2.45, 2.75) is 20.3 Å². The summed E-state index contributed by atoms with van der Waals surface area (Å²) in [7, 11) is 0. The Morgan fingerprint density at radius 3 is 2.81 bits per heavy atom. The first-order valence-corrected chi connectivity index (χ1v) is 6.74. The Morgan fingerprint density at radius 1 is 1.33 bits per heavy atom. The number of aryl methyl sites for hydroxylation is 2. The minimum absolute atomic E-state index is 0.223. The molecule has 0 saturated carbocycles. The maximum atomic E-state index is 12.2. The van der Waals surface area contributed by atoms with E-state index in [1.165, 1.54) is 0 Å². The standard InChI is InChI=1S/C17H17NO3/c1-3-14-8-9-16(21-14)17(20)18-15-11-12(2)6-7-13(15)5-4-10-19/h6-9,11,19H,3,10H2,1-2H3,(H,18,20). The van der Waals surface area contributed by atoms with Crippen molar-refractivity contribution < 1.29 is 14.3 Å². The lowest BCUT2D eigenvalue weighted by atomic mass is 10.1. The third-order valence-corrected chi connectivity index (χ3v) is 2.96. The van der Waals surface area contributed by atoms with Crippen LogP contribution in [0.4, 0.5) is 5.69 Å². The lowest BCUT2D eigenvalue weighted by Crippen LogP contribution is -2.12. The zero-order valence-electron chi connectivity index (χ0n) is 12.1. The zero-order chi connectivity index (χ0) is 15.2. The van der Waals surface area contributed by atoms with Crippen LogP contribution in [0.25, 0.3) is 0 Å². The highest BCUT2D eigenvalue weighted by Gasteiger charge is 2.12. The first-order valence-electron chi connectivity index (χ1n) is 6.74. The Labute approximate surface area is 123 Å². The van der Waals surface area contributed by atoms with E-state index in [1.807, 2.05) is 32.0 Å². The Kier molecular flexibility index (Phi) is 4.81. The van der Waals surface area contributed by atoms with Gasteiger partial charge in [0.15, 0.2) is 5.76 Å². The topological polar surface area (TPSA) is 62.5 Å². The van der Waals surface area contributed by atoms with E-state index >= 15 is 0 Å². The molecule has 1 heterocycles. The molecule has 0 fully saturated rings. The highest BCUT2D eigenvalue weighted by Crippen LogP contribution is 2.18. The van der Waals surface area contributed by atoms with Crippen molar-refractivity contribution in [3.05, 3.63) is 53.0 Å². The number of amides is 1. The molecule has 0 unspecified atom stereocenters. The summed E-state index contributed by atoms with van der Waals surface area (Å²) in [6, 6.07) is 9.00. The maximum absolute atomic E-state index is 12.2. The van der Waals surface area contributed by atoms with Crippen LogP contribution in [-0.2, 0) is 6.42 Å². The second-order valence-corrected chi connectivity index (χ2v) is 4.58. The lowest BCUT2D eigenvalue weighted by Gasteiger charge is -2.07. The molecular formula is C17H17NO3. The largest absolute Gasteiger partial charge is 0.456 e. The molecule has 4 nitrogen and oxygen atoms in total. The molecule has 1 aromatic carbocycles. The first-order chi connectivity index (χ1) is 10.1. The quantitative estimate of drug-likeness (QED) is 0.851. The number of aliphatic hydroxyl groups is 1.